The lowest BCUT2D eigenvalue weighted by molar-refractivity contribution is -0.170. The smallest absolute Gasteiger partial charge is 0.170 e. The summed E-state index contributed by atoms with van der Waals surface area (Å²) in [6, 6.07) is 18.1. The van der Waals surface area contributed by atoms with Gasteiger partial charge in [-0.25, -0.2) is 0 Å². The lowest BCUT2D eigenvalue weighted by Crippen LogP contribution is -2.28. The second-order valence-electron chi connectivity index (χ2n) is 7.11. The average Bonchev–Trinajstić information content (AvgIpc) is 2.69. The first-order valence-corrected chi connectivity index (χ1v) is 9.72. The Morgan fingerprint density at radius 3 is 1.73 bits per heavy atom. The van der Waals surface area contributed by atoms with Gasteiger partial charge >= 0.3 is 12.4 Å². The van der Waals surface area contributed by atoms with Gasteiger partial charge in [0.15, 0.2) is 0 Å². The number of hydrogen-bond acceptors (Lipinski definition) is 0. The average molecular weight is 426 g/mol. The largest absolute Gasteiger partial charge is 0.409 e. The molecule has 0 saturated heterocycles. The highest BCUT2D eigenvalue weighted by Crippen LogP contribution is 2.37. The molecule has 2 atom stereocenters. The van der Waals surface area contributed by atoms with Crippen LogP contribution in [0.1, 0.15) is 24.0 Å². The van der Waals surface area contributed by atoms with E-state index in [4.69, 9.17) is 0 Å². The molecule has 0 amide bonds. The van der Waals surface area contributed by atoms with Crippen LogP contribution in [0.5, 0.6) is 0 Å². The fraction of sp³-hybridized carbons (Fsp3) is 0.333. The van der Waals surface area contributed by atoms with Crippen molar-refractivity contribution in [3.63, 3.8) is 0 Å². The second kappa shape index (κ2) is 11.0. The Morgan fingerprint density at radius 2 is 1.23 bits per heavy atom. The van der Waals surface area contributed by atoms with Crippen molar-refractivity contribution in [2.45, 2.75) is 38.0 Å². The topological polar surface area (TPSA) is 0 Å². The SMILES string of the molecule is FC(F)(F)/C=C/C(CCc1ccccc1)C(/C=C/CCc1ccccc1)C(F)(F)F. The van der Waals surface area contributed by atoms with Crippen molar-refractivity contribution < 1.29 is 26.3 Å². The first-order chi connectivity index (χ1) is 14.1. The summed E-state index contributed by atoms with van der Waals surface area (Å²) in [6.07, 6.45) is -5.12. The highest BCUT2D eigenvalue weighted by atomic mass is 19.4. The monoisotopic (exact) mass is 426 g/mol. The minimum atomic E-state index is -4.65. The molecule has 162 valence electrons. The Labute approximate surface area is 172 Å². The summed E-state index contributed by atoms with van der Waals surface area (Å²) in [5.74, 6) is -3.28. The Kier molecular flexibility index (Phi) is 8.75. The zero-order valence-electron chi connectivity index (χ0n) is 16.3. The van der Waals surface area contributed by atoms with E-state index in [1.807, 2.05) is 30.3 Å². The van der Waals surface area contributed by atoms with E-state index in [1.54, 1.807) is 30.3 Å². The third kappa shape index (κ3) is 8.89. The van der Waals surface area contributed by atoms with Gasteiger partial charge in [0.05, 0.1) is 5.92 Å². The molecule has 6 heteroatoms. The molecule has 2 aromatic rings. The first-order valence-electron chi connectivity index (χ1n) is 9.72. The van der Waals surface area contributed by atoms with Gasteiger partial charge in [0.2, 0.25) is 0 Å². The van der Waals surface area contributed by atoms with E-state index < -0.39 is 24.2 Å². The van der Waals surface area contributed by atoms with Crippen LogP contribution in [0.2, 0.25) is 0 Å². The van der Waals surface area contributed by atoms with Crippen LogP contribution in [0.15, 0.2) is 85.0 Å². The molecule has 0 spiro atoms. The van der Waals surface area contributed by atoms with Crippen molar-refractivity contribution in [1.82, 2.24) is 0 Å². The number of aryl methyl sites for hydroxylation is 2. The number of halogens is 6. The molecule has 0 fully saturated rings. The van der Waals surface area contributed by atoms with E-state index in [-0.39, 0.29) is 18.9 Å². The second-order valence-corrected chi connectivity index (χ2v) is 7.11. The predicted molar refractivity (Wildman–Crippen MR) is 107 cm³/mol. The van der Waals surface area contributed by atoms with Crippen LogP contribution >= 0.6 is 0 Å². The van der Waals surface area contributed by atoms with E-state index in [0.717, 1.165) is 17.2 Å². The molecule has 2 rings (SSSR count). The third-order valence-corrected chi connectivity index (χ3v) is 4.77. The fourth-order valence-electron chi connectivity index (χ4n) is 3.24. The molecule has 0 radical (unpaired) electrons. The molecular formula is C24H24F6. The van der Waals surface area contributed by atoms with Gasteiger partial charge in [-0.2, -0.15) is 26.3 Å². The summed E-state index contributed by atoms with van der Waals surface area (Å²) >= 11 is 0. The molecule has 0 aliphatic heterocycles. The summed E-state index contributed by atoms with van der Waals surface area (Å²) in [4.78, 5) is 0. The highest BCUT2D eigenvalue weighted by Gasteiger charge is 2.42. The van der Waals surface area contributed by atoms with Crippen LogP contribution in [0.25, 0.3) is 0 Å². The van der Waals surface area contributed by atoms with Crippen molar-refractivity contribution in [2.24, 2.45) is 11.8 Å². The number of benzene rings is 2. The summed E-state index contributed by atoms with van der Waals surface area (Å²) < 4.78 is 79.0. The van der Waals surface area contributed by atoms with Crippen LogP contribution in [0.3, 0.4) is 0 Å². The quantitative estimate of drug-likeness (QED) is 0.284. The van der Waals surface area contributed by atoms with Gasteiger partial charge in [0.1, 0.15) is 0 Å². The zero-order chi connectivity index (χ0) is 22.0. The molecule has 30 heavy (non-hydrogen) atoms. The Hall–Kier alpha value is -2.50. The minimum absolute atomic E-state index is 0.0379. The molecule has 0 saturated carbocycles. The van der Waals surface area contributed by atoms with Gasteiger partial charge in [-0.15, -0.1) is 0 Å². The molecule has 2 unspecified atom stereocenters. The number of hydrogen-bond donors (Lipinski definition) is 0. The van der Waals surface area contributed by atoms with Crippen LogP contribution in [0.4, 0.5) is 26.3 Å². The van der Waals surface area contributed by atoms with Gasteiger partial charge in [0, 0.05) is 6.08 Å². The standard InChI is InChI=1S/C24H24F6/c25-23(26,27)18-17-21(16-15-20-11-5-2-6-12-20)22(24(28,29)30)14-8-7-13-19-9-3-1-4-10-19/h1-6,8-12,14,17-18,21-22H,7,13,15-16H2/b14-8+,18-17+. The minimum Gasteiger partial charge on any atom is -0.170 e. The Morgan fingerprint density at radius 1 is 0.700 bits per heavy atom. The fourth-order valence-corrected chi connectivity index (χ4v) is 3.24. The predicted octanol–water partition coefficient (Wildman–Crippen LogP) is 7.72. The number of alkyl halides is 6. The molecule has 0 nitrogen and oxygen atoms in total. The van der Waals surface area contributed by atoms with E-state index in [9.17, 15) is 26.3 Å². The van der Waals surface area contributed by atoms with Crippen molar-refractivity contribution in [3.8, 4) is 0 Å². The number of rotatable bonds is 9. The summed E-state index contributed by atoms with van der Waals surface area (Å²) in [5, 5.41) is 0. The maximum atomic E-state index is 13.7. The molecule has 0 bridgehead atoms. The molecular weight excluding hydrogens is 402 g/mol. The molecule has 2 aromatic carbocycles. The van der Waals surface area contributed by atoms with E-state index in [1.165, 1.54) is 6.08 Å². The Balaban J connectivity index is 2.14. The van der Waals surface area contributed by atoms with Crippen LogP contribution < -0.4 is 0 Å². The first kappa shape index (κ1) is 23.8. The summed E-state index contributed by atoms with van der Waals surface area (Å²) in [7, 11) is 0. The van der Waals surface area contributed by atoms with Crippen molar-refractivity contribution in [2.75, 3.05) is 0 Å². The summed E-state index contributed by atoms with van der Waals surface area (Å²) in [6.45, 7) is 0. The molecule has 0 aliphatic rings. The highest BCUT2D eigenvalue weighted by molar-refractivity contribution is 5.17. The molecule has 0 aromatic heterocycles. The van der Waals surface area contributed by atoms with Crippen molar-refractivity contribution >= 4 is 0 Å². The number of allylic oxidation sites excluding steroid dienone is 4. The maximum absolute atomic E-state index is 13.7. The molecule has 0 N–H and O–H groups in total. The van der Waals surface area contributed by atoms with Crippen LogP contribution in [0, 0.1) is 11.8 Å². The van der Waals surface area contributed by atoms with E-state index in [0.29, 0.717) is 18.9 Å². The van der Waals surface area contributed by atoms with Gasteiger partial charge in [0.25, 0.3) is 0 Å². The van der Waals surface area contributed by atoms with Gasteiger partial charge in [-0.1, -0.05) is 78.9 Å². The zero-order valence-corrected chi connectivity index (χ0v) is 16.3. The summed E-state index contributed by atoms with van der Waals surface area (Å²) in [5.41, 5.74) is 1.78. The van der Waals surface area contributed by atoms with Crippen LogP contribution in [-0.2, 0) is 12.8 Å². The lowest BCUT2D eigenvalue weighted by atomic mass is 9.85. The molecule has 0 heterocycles. The normalized spacial score (nSPS) is 15.0. The van der Waals surface area contributed by atoms with E-state index >= 15 is 0 Å². The van der Waals surface area contributed by atoms with Gasteiger partial charge in [-0.3, -0.25) is 0 Å². The van der Waals surface area contributed by atoms with Crippen molar-refractivity contribution in [3.05, 3.63) is 96.1 Å². The lowest BCUT2D eigenvalue weighted by Gasteiger charge is -2.25. The molecule has 0 aliphatic carbocycles. The van der Waals surface area contributed by atoms with Gasteiger partial charge < -0.3 is 0 Å². The maximum Gasteiger partial charge on any atom is 0.409 e. The van der Waals surface area contributed by atoms with Crippen molar-refractivity contribution in [1.29, 1.82) is 0 Å². The Bertz CT molecular complexity index is 788. The van der Waals surface area contributed by atoms with E-state index in [2.05, 4.69) is 0 Å². The van der Waals surface area contributed by atoms with Crippen LogP contribution in [-0.4, -0.2) is 12.4 Å². The van der Waals surface area contributed by atoms with Gasteiger partial charge in [-0.05, 0) is 42.7 Å². The third-order valence-electron chi connectivity index (χ3n) is 4.77.